The van der Waals surface area contributed by atoms with Crippen LogP contribution in [0, 0.1) is 0 Å². The second kappa shape index (κ2) is 73.7. The molecule has 1 N–H and O–H groups in total. The number of allylic oxidation sites excluding steroid dienone is 20. The molecular formula is C84H149NO8P+. The molecule has 0 amide bonds. The van der Waals surface area contributed by atoms with Crippen molar-refractivity contribution in [2.24, 2.45) is 0 Å². The third-order valence-electron chi connectivity index (χ3n) is 17.0. The number of esters is 2. The van der Waals surface area contributed by atoms with Crippen LogP contribution in [0.25, 0.3) is 0 Å². The molecule has 0 aliphatic heterocycles. The van der Waals surface area contributed by atoms with Crippen molar-refractivity contribution < 1.29 is 42.1 Å². The van der Waals surface area contributed by atoms with E-state index in [-0.39, 0.29) is 32.0 Å². The number of hydrogen-bond acceptors (Lipinski definition) is 7. The number of phosphoric ester groups is 1. The van der Waals surface area contributed by atoms with Crippen LogP contribution < -0.4 is 0 Å². The van der Waals surface area contributed by atoms with Crippen LogP contribution in [0.1, 0.15) is 348 Å². The van der Waals surface area contributed by atoms with E-state index in [9.17, 15) is 19.0 Å². The molecule has 0 aliphatic carbocycles. The number of phosphoric acid groups is 1. The van der Waals surface area contributed by atoms with Gasteiger partial charge in [-0.15, -0.1) is 0 Å². The molecule has 0 aliphatic rings. The van der Waals surface area contributed by atoms with Crippen molar-refractivity contribution in [3.63, 3.8) is 0 Å². The number of hydrogen-bond donors (Lipinski definition) is 1. The van der Waals surface area contributed by atoms with E-state index in [4.69, 9.17) is 18.5 Å². The van der Waals surface area contributed by atoms with Gasteiger partial charge in [-0.2, -0.15) is 0 Å². The number of quaternary nitrogens is 1. The zero-order valence-corrected chi connectivity index (χ0v) is 62.8. The summed E-state index contributed by atoms with van der Waals surface area (Å²) in [6.07, 6.45) is 106. The average Bonchev–Trinajstić information content (AvgIpc) is 1.57. The normalized spacial score (nSPS) is 13.7. The van der Waals surface area contributed by atoms with E-state index in [1.165, 1.54) is 225 Å². The molecule has 10 heteroatoms. The van der Waals surface area contributed by atoms with Gasteiger partial charge in [0.25, 0.3) is 0 Å². The Morgan fingerprint density at radius 1 is 0.340 bits per heavy atom. The van der Waals surface area contributed by atoms with Gasteiger partial charge in [0.15, 0.2) is 6.10 Å². The lowest BCUT2D eigenvalue weighted by molar-refractivity contribution is -0.870. The van der Waals surface area contributed by atoms with E-state index >= 15 is 0 Å². The lowest BCUT2D eigenvalue weighted by Gasteiger charge is -2.24. The Labute approximate surface area is 581 Å². The van der Waals surface area contributed by atoms with Crippen LogP contribution >= 0.6 is 7.82 Å². The maximum absolute atomic E-state index is 12.9. The number of unbranched alkanes of at least 4 members (excludes halogenated alkanes) is 38. The molecule has 0 saturated carbocycles. The molecule has 0 radical (unpaired) electrons. The largest absolute Gasteiger partial charge is 0.472 e. The maximum Gasteiger partial charge on any atom is 0.472 e. The number of likely N-dealkylation sites (N-methyl/N-ethyl adjacent to an activating group) is 1. The predicted octanol–water partition coefficient (Wildman–Crippen LogP) is 26.2. The Kier molecular flexibility index (Phi) is 70.8. The summed E-state index contributed by atoms with van der Waals surface area (Å²) in [5, 5.41) is 0. The van der Waals surface area contributed by atoms with Crippen LogP contribution in [0.3, 0.4) is 0 Å². The van der Waals surface area contributed by atoms with Gasteiger partial charge in [0.2, 0.25) is 0 Å². The van der Waals surface area contributed by atoms with Crippen molar-refractivity contribution >= 4 is 19.8 Å². The van der Waals surface area contributed by atoms with Gasteiger partial charge in [0, 0.05) is 12.8 Å². The third-order valence-corrected chi connectivity index (χ3v) is 18.0. The molecule has 0 aromatic heterocycles. The first-order chi connectivity index (χ1) is 46.0. The van der Waals surface area contributed by atoms with Crippen molar-refractivity contribution in [3.05, 3.63) is 122 Å². The monoisotopic (exact) mass is 1330 g/mol. The fourth-order valence-electron chi connectivity index (χ4n) is 11.0. The van der Waals surface area contributed by atoms with Gasteiger partial charge in [-0.25, -0.2) is 4.57 Å². The van der Waals surface area contributed by atoms with Crippen LogP contribution in [0.2, 0.25) is 0 Å². The zero-order valence-electron chi connectivity index (χ0n) is 61.9. The van der Waals surface area contributed by atoms with Gasteiger partial charge in [-0.05, 0) is 109 Å². The Hall–Kier alpha value is -3.59. The standard InChI is InChI=1S/C84H148NO8P/c1-6-8-10-12-14-16-18-20-22-24-26-28-30-32-34-36-37-38-39-40-41-42-43-44-45-46-47-49-51-53-55-57-59-61-63-65-67-69-71-73-75-77-84(87)93-82(81-92-94(88,89)91-79-78-85(3,4)5)80-90-83(86)76-74-72-70-68-66-64-62-60-58-56-54-52-50-48-35-33-31-29-27-25-23-21-19-17-15-13-11-9-7-2/h8,10,14,16,19-22,25-28,31-34,37-38,40-41,82H,6-7,9,11-13,15,17-18,23-24,29-30,35-36,39,42-81H2,1-5H3/p+1/b10-8-,16-14-,21-19-,22-20-,27-25-,28-26-,33-31-,34-32-,38-37-,41-40-. The summed E-state index contributed by atoms with van der Waals surface area (Å²) in [7, 11) is 1.48. The molecule has 0 rings (SSSR count). The molecule has 9 nitrogen and oxygen atoms in total. The summed E-state index contributed by atoms with van der Waals surface area (Å²) >= 11 is 0. The number of carbonyl (C=O) groups is 2. The molecule has 0 heterocycles. The first-order valence-corrected chi connectivity index (χ1v) is 40.8. The number of ether oxygens (including phenoxy) is 2. The molecule has 0 bridgehead atoms. The Bertz CT molecular complexity index is 2010. The SMILES string of the molecule is CC/C=C\C/C=C\C/C=C\C/C=C\C/C=C\C/C=C\C/C=C\CCCCCCCCCCCCCCCCCCCCCC(=O)OC(COC(=O)CCCCCCCCCCCCCCCC/C=C\C/C=C\C/C=C\CCCCCCC)COP(=O)(O)OCC[N+](C)(C)C. The minimum atomic E-state index is -4.40. The molecular weight excluding hydrogens is 1180 g/mol. The maximum atomic E-state index is 12.9. The number of rotatable bonds is 72. The summed E-state index contributed by atoms with van der Waals surface area (Å²) in [4.78, 5) is 36.0. The highest BCUT2D eigenvalue weighted by Crippen LogP contribution is 2.43. The second-order valence-corrected chi connectivity index (χ2v) is 28.8. The van der Waals surface area contributed by atoms with Crippen LogP contribution in [-0.4, -0.2) is 74.9 Å². The average molecular weight is 1330 g/mol. The summed E-state index contributed by atoms with van der Waals surface area (Å²) in [6.45, 7) is 4.34. The van der Waals surface area contributed by atoms with Crippen molar-refractivity contribution in [1.29, 1.82) is 0 Å². The minimum absolute atomic E-state index is 0.0296. The molecule has 0 saturated heterocycles. The van der Waals surface area contributed by atoms with Gasteiger partial charge in [0.1, 0.15) is 19.8 Å². The topological polar surface area (TPSA) is 108 Å². The lowest BCUT2D eigenvalue weighted by atomic mass is 10.0. The Morgan fingerprint density at radius 2 is 0.606 bits per heavy atom. The zero-order chi connectivity index (χ0) is 68.3. The third kappa shape index (κ3) is 77.4. The first-order valence-electron chi connectivity index (χ1n) is 39.3. The van der Waals surface area contributed by atoms with E-state index in [2.05, 4.69) is 135 Å². The van der Waals surface area contributed by atoms with Crippen LogP contribution in [0.5, 0.6) is 0 Å². The van der Waals surface area contributed by atoms with E-state index in [0.29, 0.717) is 17.4 Å². The van der Waals surface area contributed by atoms with Crippen molar-refractivity contribution in [2.45, 2.75) is 354 Å². The van der Waals surface area contributed by atoms with Gasteiger partial charge in [-0.3, -0.25) is 18.6 Å². The van der Waals surface area contributed by atoms with Gasteiger partial charge in [0.05, 0.1) is 27.7 Å². The van der Waals surface area contributed by atoms with Crippen molar-refractivity contribution in [2.75, 3.05) is 47.5 Å². The Morgan fingerprint density at radius 3 is 0.904 bits per heavy atom. The molecule has 94 heavy (non-hydrogen) atoms. The summed E-state index contributed by atoms with van der Waals surface area (Å²) in [6, 6.07) is 0. The molecule has 2 atom stereocenters. The Balaban J connectivity index is 3.97. The predicted molar refractivity (Wildman–Crippen MR) is 408 cm³/mol. The molecule has 0 aromatic carbocycles. The van der Waals surface area contributed by atoms with Gasteiger partial charge in [-0.1, -0.05) is 347 Å². The van der Waals surface area contributed by atoms with Gasteiger partial charge >= 0.3 is 19.8 Å². The molecule has 542 valence electrons. The summed E-state index contributed by atoms with van der Waals surface area (Å²) < 4.78 is 34.8. The molecule has 2 unspecified atom stereocenters. The van der Waals surface area contributed by atoms with Crippen LogP contribution in [-0.2, 0) is 32.7 Å². The van der Waals surface area contributed by atoms with Crippen molar-refractivity contribution in [1.82, 2.24) is 0 Å². The minimum Gasteiger partial charge on any atom is -0.462 e. The first kappa shape index (κ1) is 90.4. The second-order valence-electron chi connectivity index (χ2n) is 27.4. The number of nitrogens with zero attached hydrogens (tertiary/aromatic N) is 1. The highest BCUT2D eigenvalue weighted by atomic mass is 31.2. The van der Waals surface area contributed by atoms with E-state index in [1.54, 1.807) is 0 Å². The fourth-order valence-corrected chi connectivity index (χ4v) is 11.7. The summed E-state index contributed by atoms with van der Waals surface area (Å²) in [5.74, 6) is -0.787. The summed E-state index contributed by atoms with van der Waals surface area (Å²) in [5.41, 5.74) is 0. The van der Waals surface area contributed by atoms with E-state index < -0.39 is 26.5 Å². The fraction of sp³-hybridized carbons (Fsp3) is 0.738. The highest BCUT2D eigenvalue weighted by molar-refractivity contribution is 7.47. The highest BCUT2D eigenvalue weighted by Gasteiger charge is 2.27. The lowest BCUT2D eigenvalue weighted by Crippen LogP contribution is -2.37. The van der Waals surface area contributed by atoms with Crippen molar-refractivity contribution in [3.8, 4) is 0 Å². The quantitative estimate of drug-likeness (QED) is 0.0211. The number of carbonyl (C=O) groups excluding carboxylic acids is 2. The molecule has 0 aromatic rings. The molecule has 0 spiro atoms. The van der Waals surface area contributed by atoms with Gasteiger partial charge < -0.3 is 18.9 Å². The van der Waals surface area contributed by atoms with Crippen LogP contribution in [0.4, 0.5) is 0 Å². The van der Waals surface area contributed by atoms with E-state index in [1.807, 2.05) is 21.1 Å². The smallest absolute Gasteiger partial charge is 0.462 e. The van der Waals surface area contributed by atoms with Crippen LogP contribution in [0.15, 0.2) is 122 Å². The van der Waals surface area contributed by atoms with E-state index in [0.717, 1.165) is 89.9 Å². The molecule has 0 fully saturated rings.